The second kappa shape index (κ2) is 5.50. The van der Waals surface area contributed by atoms with Crippen LogP contribution in [-0.4, -0.2) is 62.9 Å². The molecule has 1 aliphatic heterocycles. The molecule has 2 heterocycles. The van der Waals surface area contributed by atoms with Crippen molar-refractivity contribution in [2.24, 2.45) is 0 Å². The number of hydrogen-bond donors (Lipinski definition) is 0. The van der Waals surface area contributed by atoms with Gasteiger partial charge in [-0.05, 0) is 6.92 Å². The number of thiazole rings is 1. The third kappa shape index (κ3) is 3.15. The van der Waals surface area contributed by atoms with Crippen LogP contribution < -0.4 is 0 Å². The number of nitrogens with zero attached hydrogens (tertiary/aromatic N) is 3. The third-order valence-electron chi connectivity index (χ3n) is 2.97. The molecule has 0 atom stereocenters. The Hall–Kier alpha value is -0.260. The highest BCUT2D eigenvalue weighted by Crippen LogP contribution is 2.29. The average Bonchev–Trinajstić information content (AvgIpc) is 2.68. The Bertz CT molecular complexity index is 705. The second-order valence-corrected chi connectivity index (χ2v) is 10.1. The van der Waals surface area contributed by atoms with Crippen molar-refractivity contribution in [2.75, 3.05) is 32.4 Å². The first-order valence-corrected chi connectivity index (χ1v) is 10.2. The molecule has 1 saturated heterocycles. The molecule has 0 unspecified atom stereocenters. The van der Waals surface area contributed by atoms with Crippen molar-refractivity contribution in [1.82, 2.24) is 13.6 Å². The van der Waals surface area contributed by atoms with E-state index >= 15 is 0 Å². The van der Waals surface area contributed by atoms with E-state index < -0.39 is 20.0 Å². The third-order valence-corrected chi connectivity index (χ3v) is 8.02. The predicted molar refractivity (Wildman–Crippen MR) is 77.0 cm³/mol. The fourth-order valence-electron chi connectivity index (χ4n) is 1.95. The van der Waals surface area contributed by atoms with E-state index in [4.69, 9.17) is 11.6 Å². The smallest absolute Gasteiger partial charge is 0.229 e. The van der Waals surface area contributed by atoms with E-state index in [2.05, 4.69) is 4.98 Å². The molecule has 2 rings (SSSR count). The summed E-state index contributed by atoms with van der Waals surface area (Å²) in [6.07, 6.45) is 1.12. The van der Waals surface area contributed by atoms with Crippen molar-refractivity contribution in [3.05, 3.63) is 10.2 Å². The summed E-state index contributed by atoms with van der Waals surface area (Å²) in [5, 5.41) is 0. The lowest BCUT2D eigenvalue weighted by Crippen LogP contribution is -2.50. The molecule has 1 fully saturated rings. The van der Waals surface area contributed by atoms with E-state index in [0.717, 1.165) is 17.6 Å². The highest BCUT2D eigenvalue weighted by Gasteiger charge is 2.33. The number of rotatable bonds is 3. The SMILES string of the molecule is Cc1nc(Cl)sc1S(=O)(=O)N1CCN(S(C)(=O)=O)CC1. The van der Waals surface area contributed by atoms with E-state index in [-0.39, 0.29) is 34.9 Å². The Labute approximate surface area is 127 Å². The minimum atomic E-state index is -3.66. The summed E-state index contributed by atoms with van der Waals surface area (Å²) in [5.74, 6) is 0. The molecular weight excluding hydrogens is 346 g/mol. The van der Waals surface area contributed by atoms with Crippen molar-refractivity contribution in [3.8, 4) is 0 Å². The molecule has 0 amide bonds. The summed E-state index contributed by atoms with van der Waals surface area (Å²) >= 11 is 6.64. The van der Waals surface area contributed by atoms with Crippen LogP contribution in [-0.2, 0) is 20.0 Å². The van der Waals surface area contributed by atoms with E-state index in [1.54, 1.807) is 6.92 Å². The minimum Gasteiger partial charge on any atom is -0.229 e. The van der Waals surface area contributed by atoms with Crippen LogP contribution in [0.25, 0.3) is 0 Å². The lowest BCUT2D eigenvalue weighted by molar-refractivity contribution is 0.274. The number of sulfonamides is 2. The molecule has 0 aromatic carbocycles. The largest absolute Gasteiger partial charge is 0.254 e. The predicted octanol–water partition coefficient (Wildman–Crippen LogP) is 0.371. The van der Waals surface area contributed by atoms with E-state index in [0.29, 0.717) is 5.69 Å². The molecule has 20 heavy (non-hydrogen) atoms. The molecule has 114 valence electrons. The summed E-state index contributed by atoms with van der Waals surface area (Å²) < 4.78 is 50.5. The molecular formula is C9H14ClN3O4S3. The van der Waals surface area contributed by atoms with Crippen LogP contribution in [0.15, 0.2) is 4.21 Å². The average molecular weight is 360 g/mol. The second-order valence-electron chi connectivity index (χ2n) is 4.41. The molecule has 0 aliphatic carbocycles. The van der Waals surface area contributed by atoms with Gasteiger partial charge >= 0.3 is 0 Å². The zero-order valence-corrected chi connectivity index (χ0v) is 14.1. The summed E-state index contributed by atoms with van der Waals surface area (Å²) in [6, 6.07) is 0. The Kier molecular flexibility index (Phi) is 4.43. The number of aryl methyl sites for hydroxylation is 1. The fraction of sp³-hybridized carbons (Fsp3) is 0.667. The van der Waals surface area contributed by atoms with Crippen molar-refractivity contribution in [2.45, 2.75) is 11.1 Å². The summed E-state index contributed by atoms with van der Waals surface area (Å²) in [6.45, 7) is 2.16. The number of piperazine rings is 1. The molecule has 1 aliphatic rings. The number of hydrogen-bond acceptors (Lipinski definition) is 6. The summed E-state index contributed by atoms with van der Waals surface area (Å²) in [7, 11) is -6.94. The van der Waals surface area contributed by atoms with Crippen LogP contribution in [0.2, 0.25) is 4.47 Å². The maximum atomic E-state index is 12.4. The van der Waals surface area contributed by atoms with Gasteiger partial charge in [-0.1, -0.05) is 22.9 Å². The lowest BCUT2D eigenvalue weighted by atomic mass is 10.4. The lowest BCUT2D eigenvalue weighted by Gasteiger charge is -2.32. The molecule has 11 heteroatoms. The number of aromatic nitrogens is 1. The van der Waals surface area contributed by atoms with Gasteiger partial charge in [0.25, 0.3) is 10.0 Å². The van der Waals surface area contributed by atoms with Crippen LogP contribution in [0.4, 0.5) is 0 Å². The van der Waals surface area contributed by atoms with Crippen molar-refractivity contribution in [1.29, 1.82) is 0 Å². The highest BCUT2D eigenvalue weighted by atomic mass is 35.5. The molecule has 7 nitrogen and oxygen atoms in total. The van der Waals surface area contributed by atoms with Gasteiger partial charge in [0.05, 0.1) is 11.9 Å². The Balaban J connectivity index is 2.20. The van der Waals surface area contributed by atoms with Crippen molar-refractivity contribution in [3.63, 3.8) is 0 Å². The van der Waals surface area contributed by atoms with Crippen LogP contribution in [0.3, 0.4) is 0 Å². The van der Waals surface area contributed by atoms with Crippen LogP contribution in [0.1, 0.15) is 5.69 Å². The van der Waals surface area contributed by atoms with Gasteiger partial charge in [0.2, 0.25) is 10.0 Å². The maximum Gasteiger partial charge on any atom is 0.254 e. The highest BCUT2D eigenvalue weighted by molar-refractivity contribution is 7.91. The topological polar surface area (TPSA) is 87.7 Å². The van der Waals surface area contributed by atoms with E-state index in [9.17, 15) is 16.8 Å². The van der Waals surface area contributed by atoms with Crippen molar-refractivity contribution >= 4 is 43.0 Å². The standard InChI is InChI=1S/C9H14ClN3O4S3/c1-7-8(18-9(10)11-7)20(16,17)13-5-3-12(4-6-13)19(2,14)15/h3-6H2,1-2H3. The molecule has 0 N–H and O–H groups in total. The Morgan fingerprint density at radius 2 is 1.60 bits per heavy atom. The molecule has 0 radical (unpaired) electrons. The zero-order valence-electron chi connectivity index (χ0n) is 10.9. The van der Waals surface area contributed by atoms with Gasteiger partial charge < -0.3 is 0 Å². The van der Waals surface area contributed by atoms with Crippen LogP contribution in [0, 0.1) is 6.92 Å². The van der Waals surface area contributed by atoms with Gasteiger partial charge in [0.15, 0.2) is 8.68 Å². The van der Waals surface area contributed by atoms with E-state index in [1.165, 1.54) is 8.61 Å². The first kappa shape index (κ1) is 16.1. The van der Waals surface area contributed by atoms with Gasteiger partial charge in [-0.25, -0.2) is 21.8 Å². The maximum absolute atomic E-state index is 12.4. The molecule has 0 saturated carbocycles. The first-order valence-electron chi connectivity index (χ1n) is 5.70. The van der Waals surface area contributed by atoms with Gasteiger partial charge in [-0.2, -0.15) is 8.61 Å². The van der Waals surface area contributed by atoms with Gasteiger partial charge in [0.1, 0.15) is 0 Å². The summed E-state index contributed by atoms with van der Waals surface area (Å²) in [5.41, 5.74) is 0.366. The van der Waals surface area contributed by atoms with Gasteiger partial charge in [0, 0.05) is 26.2 Å². The number of halogens is 1. The van der Waals surface area contributed by atoms with Gasteiger partial charge in [-0.15, -0.1) is 0 Å². The van der Waals surface area contributed by atoms with Crippen molar-refractivity contribution < 1.29 is 16.8 Å². The molecule has 0 bridgehead atoms. The van der Waals surface area contributed by atoms with Crippen LogP contribution in [0.5, 0.6) is 0 Å². The monoisotopic (exact) mass is 359 g/mol. The molecule has 1 aromatic heterocycles. The fourth-order valence-corrected chi connectivity index (χ4v) is 6.07. The minimum absolute atomic E-state index is 0.121. The molecule has 1 aromatic rings. The Morgan fingerprint density at radius 3 is 2.00 bits per heavy atom. The van der Waals surface area contributed by atoms with Gasteiger partial charge in [-0.3, -0.25) is 0 Å². The van der Waals surface area contributed by atoms with E-state index in [1.807, 2.05) is 0 Å². The Morgan fingerprint density at radius 1 is 1.10 bits per heavy atom. The van der Waals surface area contributed by atoms with Crippen LogP contribution >= 0.6 is 22.9 Å². The zero-order chi connectivity index (χ0) is 15.1. The first-order chi connectivity index (χ1) is 9.12. The molecule has 0 spiro atoms. The quantitative estimate of drug-likeness (QED) is 0.778. The normalized spacial score (nSPS) is 19.4. The summed E-state index contributed by atoms with van der Waals surface area (Å²) in [4.78, 5) is 3.90.